The Bertz CT molecular complexity index is 712. The molecule has 0 aliphatic carbocycles. The van der Waals surface area contributed by atoms with Crippen LogP contribution in [0, 0.1) is 0 Å². The summed E-state index contributed by atoms with van der Waals surface area (Å²) in [6.07, 6.45) is 1.52. The number of benzene rings is 2. The minimum atomic E-state index is -0.703. The molecule has 0 aliphatic heterocycles. The first-order valence-corrected chi connectivity index (χ1v) is 7.43. The predicted molar refractivity (Wildman–Crippen MR) is 92.1 cm³/mol. The Hall–Kier alpha value is -3.15. The van der Waals surface area contributed by atoms with Crippen molar-refractivity contribution < 1.29 is 14.3 Å². The number of nitrogens with one attached hydrogen (secondary N) is 2. The third kappa shape index (κ3) is 4.95. The zero-order valence-corrected chi connectivity index (χ0v) is 13.5. The molecule has 2 aromatic carbocycles. The van der Waals surface area contributed by atoms with E-state index in [1.54, 1.807) is 50.4 Å². The van der Waals surface area contributed by atoms with Crippen LogP contribution in [0.5, 0.6) is 5.75 Å². The summed E-state index contributed by atoms with van der Waals surface area (Å²) in [4.78, 5) is 23.9. The van der Waals surface area contributed by atoms with E-state index in [0.717, 1.165) is 11.3 Å². The van der Waals surface area contributed by atoms with Gasteiger partial charge in [0.1, 0.15) is 11.8 Å². The largest absolute Gasteiger partial charge is 0.497 e. The van der Waals surface area contributed by atoms with Crippen LogP contribution in [0.4, 0.5) is 0 Å². The van der Waals surface area contributed by atoms with Gasteiger partial charge in [0.25, 0.3) is 11.8 Å². The third-order valence-electron chi connectivity index (χ3n) is 3.28. The lowest BCUT2D eigenvalue weighted by Crippen LogP contribution is -2.43. The van der Waals surface area contributed by atoms with Crippen molar-refractivity contribution in [1.29, 1.82) is 0 Å². The third-order valence-corrected chi connectivity index (χ3v) is 3.28. The van der Waals surface area contributed by atoms with E-state index < -0.39 is 11.9 Å². The number of hydrazone groups is 1. The number of rotatable bonds is 6. The Morgan fingerprint density at radius 2 is 1.75 bits per heavy atom. The number of carbonyl (C=O) groups is 2. The van der Waals surface area contributed by atoms with Crippen molar-refractivity contribution in [3.8, 4) is 5.75 Å². The average Bonchev–Trinajstić information content (AvgIpc) is 2.62. The zero-order chi connectivity index (χ0) is 17.4. The standard InChI is InChI=1S/C18H19N3O3/c1-13(20-18(23)15-6-4-3-5-7-15)17(22)21-19-12-14-8-10-16(24-2)11-9-14/h3-13H,1-2H3,(H,20,23)(H,21,22)/b19-12+. The molecule has 0 fully saturated rings. The first-order chi connectivity index (χ1) is 11.6. The van der Waals surface area contributed by atoms with Gasteiger partial charge in [0.2, 0.25) is 0 Å². The molecule has 2 N–H and O–H groups in total. The maximum Gasteiger partial charge on any atom is 0.262 e. The maximum atomic E-state index is 12.0. The predicted octanol–water partition coefficient (Wildman–Crippen LogP) is 1.96. The number of methoxy groups -OCH3 is 1. The number of hydrogen-bond donors (Lipinski definition) is 2. The van der Waals surface area contributed by atoms with Gasteiger partial charge in [-0.25, -0.2) is 5.43 Å². The molecule has 0 heterocycles. The van der Waals surface area contributed by atoms with E-state index in [4.69, 9.17) is 4.74 Å². The van der Waals surface area contributed by atoms with Crippen LogP contribution in [0.25, 0.3) is 0 Å². The van der Waals surface area contributed by atoms with Crippen molar-refractivity contribution in [3.63, 3.8) is 0 Å². The molecule has 0 aliphatic rings. The Morgan fingerprint density at radius 3 is 2.38 bits per heavy atom. The van der Waals surface area contributed by atoms with Gasteiger partial charge < -0.3 is 10.1 Å². The van der Waals surface area contributed by atoms with E-state index in [1.807, 2.05) is 18.2 Å². The fourth-order valence-corrected chi connectivity index (χ4v) is 1.89. The van der Waals surface area contributed by atoms with E-state index in [2.05, 4.69) is 15.8 Å². The van der Waals surface area contributed by atoms with Crippen LogP contribution < -0.4 is 15.5 Å². The molecule has 1 unspecified atom stereocenters. The van der Waals surface area contributed by atoms with E-state index in [-0.39, 0.29) is 5.91 Å². The molecule has 2 rings (SSSR count). The monoisotopic (exact) mass is 325 g/mol. The molecular weight excluding hydrogens is 306 g/mol. The summed E-state index contributed by atoms with van der Waals surface area (Å²) in [6.45, 7) is 1.60. The topological polar surface area (TPSA) is 79.8 Å². The molecule has 0 saturated carbocycles. The van der Waals surface area contributed by atoms with Crippen LogP contribution in [0.2, 0.25) is 0 Å². The van der Waals surface area contributed by atoms with E-state index in [9.17, 15) is 9.59 Å². The van der Waals surface area contributed by atoms with Crippen LogP contribution in [0.1, 0.15) is 22.8 Å². The van der Waals surface area contributed by atoms with Gasteiger partial charge in [-0.05, 0) is 48.9 Å². The Labute approximate surface area is 140 Å². The van der Waals surface area contributed by atoms with Gasteiger partial charge >= 0.3 is 0 Å². The second kappa shape index (κ2) is 8.47. The quantitative estimate of drug-likeness (QED) is 0.629. The van der Waals surface area contributed by atoms with Gasteiger partial charge in [-0.2, -0.15) is 5.10 Å². The minimum Gasteiger partial charge on any atom is -0.497 e. The lowest BCUT2D eigenvalue weighted by atomic mass is 10.2. The molecule has 0 aromatic heterocycles. The Kier molecular flexibility index (Phi) is 6.08. The second-order valence-corrected chi connectivity index (χ2v) is 5.07. The number of carbonyl (C=O) groups excluding carboxylic acids is 2. The molecule has 0 bridgehead atoms. The van der Waals surface area contributed by atoms with Crippen LogP contribution in [-0.4, -0.2) is 31.2 Å². The molecule has 1 atom stereocenters. The van der Waals surface area contributed by atoms with Gasteiger partial charge in [-0.15, -0.1) is 0 Å². The van der Waals surface area contributed by atoms with Crippen molar-refractivity contribution >= 4 is 18.0 Å². The van der Waals surface area contributed by atoms with E-state index in [1.165, 1.54) is 6.21 Å². The highest BCUT2D eigenvalue weighted by Gasteiger charge is 2.15. The first kappa shape index (κ1) is 17.2. The Morgan fingerprint density at radius 1 is 1.08 bits per heavy atom. The molecule has 0 spiro atoms. The molecule has 24 heavy (non-hydrogen) atoms. The van der Waals surface area contributed by atoms with Crippen molar-refractivity contribution in [1.82, 2.24) is 10.7 Å². The number of ether oxygens (including phenoxy) is 1. The summed E-state index contributed by atoms with van der Waals surface area (Å²) in [5.41, 5.74) is 3.72. The zero-order valence-electron chi connectivity index (χ0n) is 13.5. The second-order valence-electron chi connectivity index (χ2n) is 5.07. The average molecular weight is 325 g/mol. The Balaban J connectivity index is 1.84. The van der Waals surface area contributed by atoms with Crippen LogP contribution >= 0.6 is 0 Å². The lowest BCUT2D eigenvalue weighted by molar-refractivity contribution is -0.122. The van der Waals surface area contributed by atoms with Gasteiger partial charge in [-0.3, -0.25) is 9.59 Å². The smallest absolute Gasteiger partial charge is 0.262 e. The van der Waals surface area contributed by atoms with Crippen LogP contribution in [-0.2, 0) is 4.79 Å². The molecule has 2 amide bonds. The fraction of sp³-hybridized carbons (Fsp3) is 0.167. The van der Waals surface area contributed by atoms with Gasteiger partial charge in [0, 0.05) is 5.56 Å². The summed E-state index contributed by atoms with van der Waals surface area (Å²) in [6, 6.07) is 15.2. The molecular formula is C18H19N3O3. The molecule has 6 heteroatoms. The van der Waals surface area contributed by atoms with Gasteiger partial charge in [0.05, 0.1) is 13.3 Å². The van der Waals surface area contributed by atoms with Gasteiger partial charge in [0.15, 0.2) is 0 Å². The van der Waals surface area contributed by atoms with Crippen molar-refractivity contribution in [2.75, 3.05) is 7.11 Å². The van der Waals surface area contributed by atoms with Gasteiger partial charge in [-0.1, -0.05) is 18.2 Å². The maximum absolute atomic E-state index is 12.0. The van der Waals surface area contributed by atoms with Crippen LogP contribution in [0.3, 0.4) is 0 Å². The highest BCUT2D eigenvalue weighted by Crippen LogP contribution is 2.09. The van der Waals surface area contributed by atoms with E-state index in [0.29, 0.717) is 5.56 Å². The summed E-state index contributed by atoms with van der Waals surface area (Å²) >= 11 is 0. The summed E-state index contributed by atoms with van der Waals surface area (Å²) < 4.78 is 5.06. The first-order valence-electron chi connectivity index (χ1n) is 7.43. The summed E-state index contributed by atoms with van der Waals surface area (Å²) in [5, 5.41) is 6.50. The van der Waals surface area contributed by atoms with Crippen molar-refractivity contribution in [3.05, 3.63) is 65.7 Å². The summed E-state index contributed by atoms with van der Waals surface area (Å²) in [5.74, 6) is 0.0369. The van der Waals surface area contributed by atoms with Crippen molar-refractivity contribution in [2.24, 2.45) is 5.10 Å². The number of hydrogen-bond acceptors (Lipinski definition) is 4. The van der Waals surface area contributed by atoms with Crippen molar-refractivity contribution in [2.45, 2.75) is 13.0 Å². The minimum absolute atomic E-state index is 0.308. The van der Waals surface area contributed by atoms with Crippen LogP contribution in [0.15, 0.2) is 59.7 Å². The fourth-order valence-electron chi connectivity index (χ4n) is 1.89. The highest BCUT2D eigenvalue weighted by molar-refractivity contribution is 5.97. The normalized spacial score (nSPS) is 11.8. The molecule has 0 saturated heterocycles. The SMILES string of the molecule is COc1ccc(/C=N/NC(=O)C(C)NC(=O)c2ccccc2)cc1. The molecule has 0 radical (unpaired) electrons. The number of amides is 2. The highest BCUT2D eigenvalue weighted by atomic mass is 16.5. The lowest BCUT2D eigenvalue weighted by Gasteiger charge is -2.12. The summed E-state index contributed by atoms with van der Waals surface area (Å²) in [7, 11) is 1.59. The number of nitrogens with zero attached hydrogens (tertiary/aromatic N) is 1. The molecule has 124 valence electrons. The molecule has 6 nitrogen and oxygen atoms in total. The van der Waals surface area contributed by atoms with E-state index >= 15 is 0 Å². The molecule has 2 aromatic rings.